The summed E-state index contributed by atoms with van der Waals surface area (Å²) < 4.78 is 5.82. The standard InChI is InChI=1S/C15H23N3OS/c1-2-6-16-15-12-9-20-10-13(12)17-14(18-15)8-11-5-3-4-7-19-11/h11H,2-10H2,1H3,(H,16,17,18). The van der Waals surface area contributed by atoms with E-state index in [0.29, 0.717) is 6.10 Å². The SMILES string of the molecule is CCCNc1nc(CC2CCCCO2)nc2c1CSC2. The van der Waals surface area contributed by atoms with E-state index in [-0.39, 0.29) is 0 Å². The minimum atomic E-state index is 0.315. The van der Waals surface area contributed by atoms with Gasteiger partial charge in [-0.25, -0.2) is 9.97 Å². The first-order chi connectivity index (χ1) is 9.86. The Bertz CT molecular complexity index is 461. The van der Waals surface area contributed by atoms with Crippen molar-refractivity contribution >= 4 is 17.6 Å². The van der Waals surface area contributed by atoms with Gasteiger partial charge in [0.1, 0.15) is 11.6 Å². The van der Waals surface area contributed by atoms with Crippen LogP contribution in [0.5, 0.6) is 0 Å². The highest BCUT2D eigenvalue weighted by atomic mass is 32.2. The second kappa shape index (κ2) is 6.76. The van der Waals surface area contributed by atoms with Crippen molar-refractivity contribution in [3.63, 3.8) is 0 Å². The number of hydrogen-bond donors (Lipinski definition) is 1. The summed E-state index contributed by atoms with van der Waals surface area (Å²) in [5, 5.41) is 3.47. The molecular formula is C15H23N3OS. The van der Waals surface area contributed by atoms with E-state index in [0.717, 1.165) is 55.6 Å². The maximum absolute atomic E-state index is 5.82. The van der Waals surface area contributed by atoms with E-state index in [1.54, 1.807) is 0 Å². The van der Waals surface area contributed by atoms with Crippen molar-refractivity contribution in [2.75, 3.05) is 18.5 Å². The number of thioether (sulfide) groups is 1. The van der Waals surface area contributed by atoms with Crippen LogP contribution in [0.4, 0.5) is 5.82 Å². The lowest BCUT2D eigenvalue weighted by Crippen LogP contribution is -2.23. The van der Waals surface area contributed by atoms with Crippen molar-refractivity contribution in [3.8, 4) is 0 Å². The molecule has 0 aromatic carbocycles. The van der Waals surface area contributed by atoms with Crippen LogP contribution in [0.3, 0.4) is 0 Å². The maximum Gasteiger partial charge on any atom is 0.134 e. The largest absolute Gasteiger partial charge is 0.378 e. The molecule has 20 heavy (non-hydrogen) atoms. The fraction of sp³-hybridized carbons (Fsp3) is 0.733. The lowest BCUT2D eigenvalue weighted by atomic mass is 10.1. The molecule has 1 unspecified atom stereocenters. The topological polar surface area (TPSA) is 47.0 Å². The van der Waals surface area contributed by atoms with Crippen molar-refractivity contribution in [2.45, 2.75) is 56.6 Å². The van der Waals surface area contributed by atoms with Gasteiger partial charge in [-0.2, -0.15) is 11.8 Å². The zero-order valence-corrected chi connectivity index (χ0v) is 13.0. The van der Waals surface area contributed by atoms with Crippen molar-refractivity contribution in [3.05, 3.63) is 17.1 Å². The van der Waals surface area contributed by atoms with Crippen LogP contribution in [-0.4, -0.2) is 29.2 Å². The smallest absolute Gasteiger partial charge is 0.134 e. The molecule has 2 aliphatic heterocycles. The van der Waals surface area contributed by atoms with Crippen molar-refractivity contribution in [1.82, 2.24) is 9.97 Å². The Morgan fingerprint density at radius 3 is 3.05 bits per heavy atom. The Hall–Kier alpha value is -0.810. The van der Waals surface area contributed by atoms with E-state index in [4.69, 9.17) is 14.7 Å². The van der Waals surface area contributed by atoms with Crippen LogP contribution in [0.2, 0.25) is 0 Å². The third kappa shape index (κ3) is 3.26. The molecule has 0 amide bonds. The van der Waals surface area contributed by atoms with Crippen LogP contribution >= 0.6 is 11.8 Å². The van der Waals surface area contributed by atoms with Crippen molar-refractivity contribution in [2.24, 2.45) is 0 Å². The van der Waals surface area contributed by atoms with Gasteiger partial charge in [0.25, 0.3) is 0 Å². The first-order valence-corrected chi connectivity index (χ1v) is 8.84. The van der Waals surface area contributed by atoms with Crippen molar-refractivity contribution in [1.29, 1.82) is 0 Å². The molecule has 0 spiro atoms. The monoisotopic (exact) mass is 293 g/mol. The zero-order chi connectivity index (χ0) is 13.8. The van der Waals surface area contributed by atoms with E-state index in [2.05, 4.69) is 12.2 Å². The van der Waals surface area contributed by atoms with Crippen molar-refractivity contribution < 1.29 is 4.74 Å². The first-order valence-electron chi connectivity index (χ1n) is 7.68. The molecule has 0 aliphatic carbocycles. The summed E-state index contributed by atoms with van der Waals surface area (Å²) >= 11 is 1.93. The van der Waals surface area contributed by atoms with Gasteiger partial charge in [-0.3, -0.25) is 0 Å². The van der Waals surface area contributed by atoms with E-state index in [9.17, 15) is 0 Å². The van der Waals surface area contributed by atoms with Gasteiger partial charge >= 0.3 is 0 Å². The quantitative estimate of drug-likeness (QED) is 0.903. The number of nitrogens with one attached hydrogen (secondary N) is 1. The fourth-order valence-corrected chi connectivity index (χ4v) is 3.80. The van der Waals surface area contributed by atoms with Crippen LogP contribution in [-0.2, 0) is 22.7 Å². The normalized spacial score (nSPS) is 21.8. The zero-order valence-electron chi connectivity index (χ0n) is 12.2. The summed E-state index contributed by atoms with van der Waals surface area (Å²) in [6, 6.07) is 0. The van der Waals surface area contributed by atoms with E-state index in [1.807, 2.05) is 11.8 Å². The number of aromatic nitrogens is 2. The second-order valence-corrected chi connectivity index (χ2v) is 6.51. The van der Waals surface area contributed by atoms with Gasteiger partial charge in [0, 0.05) is 36.6 Å². The average molecular weight is 293 g/mol. The van der Waals surface area contributed by atoms with Crippen LogP contribution < -0.4 is 5.32 Å². The highest BCUT2D eigenvalue weighted by Crippen LogP contribution is 2.33. The third-order valence-electron chi connectivity index (χ3n) is 3.85. The van der Waals surface area contributed by atoms with Gasteiger partial charge in [0.2, 0.25) is 0 Å². The maximum atomic E-state index is 5.82. The summed E-state index contributed by atoms with van der Waals surface area (Å²) in [4.78, 5) is 9.52. The molecule has 0 radical (unpaired) electrons. The third-order valence-corrected chi connectivity index (χ3v) is 4.82. The lowest BCUT2D eigenvalue weighted by molar-refractivity contribution is 0.0156. The molecule has 0 bridgehead atoms. The molecule has 3 rings (SSSR count). The Morgan fingerprint density at radius 2 is 2.25 bits per heavy atom. The molecule has 3 heterocycles. The van der Waals surface area contributed by atoms with Gasteiger partial charge < -0.3 is 10.1 Å². The summed E-state index contributed by atoms with van der Waals surface area (Å²) in [6.45, 7) is 4.06. The summed E-state index contributed by atoms with van der Waals surface area (Å²) in [5.41, 5.74) is 2.55. The minimum Gasteiger partial charge on any atom is -0.378 e. The molecule has 1 aromatic heterocycles. The number of fused-ring (bicyclic) bond motifs is 1. The second-order valence-electron chi connectivity index (χ2n) is 5.53. The van der Waals surface area contributed by atoms with E-state index < -0.39 is 0 Å². The highest BCUT2D eigenvalue weighted by Gasteiger charge is 2.22. The van der Waals surface area contributed by atoms with E-state index >= 15 is 0 Å². The van der Waals surface area contributed by atoms with Crippen LogP contribution in [0.15, 0.2) is 0 Å². The van der Waals surface area contributed by atoms with Crippen LogP contribution in [0.25, 0.3) is 0 Å². The van der Waals surface area contributed by atoms with Crippen LogP contribution in [0.1, 0.15) is 49.7 Å². The highest BCUT2D eigenvalue weighted by molar-refractivity contribution is 7.98. The molecule has 4 nitrogen and oxygen atoms in total. The summed E-state index contributed by atoms with van der Waals surface area (Å²) in [5.74, 6) is 4.09. The number of hydrogen-bond acceptors (Lipinski definition) is 5. The Morgan fingerprint density at radius 1 is 1.30 bits per heavy atom. The number of rotatable bonds is 5. The van der Waals surface area contributed by atoms with Gasteiger partial charge in [-0.05, 0) is 25.7 Å². The van der Waals surface area contributed by atoms with Gasteiger partial charge in [-0.15, -0.1) is 0 Å². The summed E-state index contributed by atoms with van der Waals surface area (Å²) in [7, 11) is 0. The Kier molecular flexibility index (Phi) is 4.78. The molecule has 1 N–H and O–H groups in total. The molecular weight excluding hydrogens is 270 g/mol. The van der Waals surface area contributed by atoms with Gasteiger partial charge in [0.15, 0.2) is 0 Å². The Labute approximate surface area is 125 Å². The molecule has 1 aromatic rings. The molecule has 1 saturated heterocycles. The first kappa shape index (κ1) is 14.1. The molecule has 2 aliphatic rings. The summed E-state index contributed by atoms with van der Waals surface area (Å²) in [6.07, 6.45) is 5.90. The number of ether oxygens (including phenoxy) is 1. The average Bonchev–Trinajstić information content (AvgIpc) is 2.94. The Balaban J connectivity index is 1.76. The predicted octanol–water partition coefficient (Wildman–Crippen LogP) is 3.16. The number of nitrogens with zero attached hydrogens (tertiary/aromatic N) is 2. The molecule has 1 atom stereocenters. The predicted molar refractivity (Wildman–Crippen MR) is 83.1 cm³/mol. The molecule has 5 heteroatoms. The molecule has 110 valence electrons. The molecule has 1 fully saturated rings. The van der Waals surface area contributed by atoms with Crippen LogP contribution in [0, 0.1) is 0 Å². The number of anilines is 1. The van der Waals surface area contributed by atoms with Gasteiger partial charge in [-0.1, -0.05) is 6.92 Å². The van der Waals surface area contributed by atoms with Gasteiger partial charge in [0.05, 0.1) is 11.8 Å². The fourth-order valence-electron chi connectivity index (χ4n) is 2.76. The minimum absolute atomic E-state index is 0.315. The molecule has 0 saturated carbocycles. The van der Waals surface area contributed by atoms with E-state index in [1.165, 1.54) is 24.1 Å². The lowest BCUT2D eigenvalue weighted by Gasteiger charge is -2.22.